The third-order valence-corrected chi connectivity index (χ3v) is 5.81. The monoisotopic (exact) mass is 419 g/mol. The van der Waals surface area contributed by atoms with Gasteiger partial charge in [-0.1, -0.05) is 23.7 Å². The van der Waals surface area contributed by atoms with E-state index in [1.807, 2.05) is 6.07 Å². The van der Waals surface area contributed by atoms with Gasteiger partial charge in [0, 0.05) is 25.2 Å². The van der Waals surface area contributed by atoms with Crippen LogP contribution in [-0.4, -0.2) is 38.9 Å². The number of amides is 1. The van der Waals surface area contributed by atoms with Gasteiger partial charge < -0.3 is 19.5 Å². The molecule has 29 heavy (non-hydrogen) atoms. The summed E-state index contributed by atoms with van der Waals surface area (Å²) in [6.45, 7) is 2.51. The first-order valence-corrected chi connectivity index (χ1v) is 10.1. The third-order valence-electron chi connectivity index (χ3n) is 5.53. The van der Waals surface area contributed by atoms with E-state index in [1.165, 1.54) is 6.07 Å². The van der Waals surface area contributed by atoms with Crippen LogP contribution in [0.5, 0.6) is 11.5 Å². The van der Waals surface area contributed by atoms with Gasteiger partial charge in [-0.15, -0.1) is 0 Å². The minimum atomic E-state index is -0.333. The third kappa shape index (κ3) is 4.49. The minimum Gasteiger partial charge on any atom is -0.486 e. The Morgan fingerprint density at radius 3 is 2.69 bits per heavy atom. The topological polar surface area (TPSA) is 56.8 Å². The van der Waals surface area contributed by atoms with Crippen molar-refractivity contribution in [2.24, 2.45) is 0 Å². The first-order valence-electron chi connectivity index (χ1n) is 9.74. The molecule has 1 N–H and O–H groups in total. The first kappa shape index (κ1) is 20.0. The van der Waals surface area contributed by atoms with Crippen molar-refractivity contribution in [3.8, 4) is 11.5 Å². The van der Waals surface area contributed by atoms with E-state index in [0.29, 0.717) is 49.5 Å². The van der Waals surface area contributed by atoms with Crippen molar-refractivity contribution in [2.45, 2.75) is 24.7 Å². The lowest BCUT2D eigenvalue weighted by Crippen LogP contribution is -2.45. The molecule has 1 fully saturated rings. The van der Waals surface area contributed by atoms with E-state index < -0.39 is 0 Å². The lowest BCUT2D eigenvalue weighted by molar-refractivity contribution is -0.120. The normalized spacial score (nSPS) is 17.6. The number of halogens is 2. The molecule has 2 aromatic carbocycles. The zero-order valence-corrected chi connectivity index (χ0v) is 16.8. The summed E-state index contributed by atoms with van der Waals surface area (Å²) in [6, 6.07) is 10.1. The van der Waals surface area contributed by atoms with Crippen molar-refractivity contribution in [2.75, 3.05) is 33.0 Å². The molecule has 154 valence electrons. The second-order valence-corrected chi connectivity index (χ2v) is 7.87. The second kappa shape index (κ2) is 8.59. The van der Waals surface area contributed by atoms with Crippen molar-refractivity contribution >= 4 is 17.5 Å². The largest absolute Gasteiger partial charge is 0.486 e. The fourth-order valence-electron chi connectivity index (χ4n) is 3.93. The van der Waals surface area contributed by atoms with Crippen LogP contribution >= 0.6 is 11.6 Å². The van der Waals surface area contributed by atoms with Crippen molar-refractivity contribution in [3.05, 3.63) is 58.4 Å². The van der Waals surface area contributed by atoms with Gasteiger partial charge in [-0.2, -0.15) is 0 Å². The maximum Gasteiger partial charge on any atom is 0.224 e. The van der Waals surface area contributed by atoms with Crippen LogP contribution in [0.2, 0.25) is 5.02 Å². The van der Waals surface area contributed by atoms with Crippen molar-refractivity contribution < 1.29 is 23.4 Å². The zero-order chi connectivity index (χ0) is 20.3. The van der Waals surface area contributed by atoms with Crippen molar-refractivity contribution in [1.82, 2.24) is 5.32 Å². The quantitative estimate of drug-likeness (QED) is 0.803. The van der Waals surface area contributed by atoms with E-state index in [1.54, 1.807) is 24.3 Å². The number of hydrogen-bond acceptors (Lipinski definition) is 4. The smallest absolute Gasteiger partial charge is 0.224 e. The highest BCUT2D eigenvalue weighted by Gasteiger charge is 2.35. The molecule has 4 rings (SSSR count). The van der Waals surface area contributed by atoms with Gasteiger partial charge >= 0.3 is 0 Å². The second-order valence-electron chi connectivity index (χ2n) is 7.46. The summed E-state index contributed by atoms with van der Waals surface area (Å²) >= 11 is 6.26. The summed E-state index contributed by atoms with van der Waals surface area (Å²) in [6.07, 6.45) is 1.63. The molecule has 0 radical (unpaired) electrons. The molecule has 0 unspecified atom stereocenters. The Bertz CT molecular complexity index is 898. The van der Waals surface area contributed by atoms with Crippen LogP contribution in [0.4, 0.5) is 4.39 Å². The van der Waals surface area contributed by atoms with Crippen LogP contribution in [0.1, 0.15) is 24.0 Å². The predicted molar refractivity (Wildman–Crippen MR) is 107 cm³/mol. The Morgan fingerprint density at radius 1 is 1.10 bits per heavy atom. The first-order chi connectivity index (χ1) is 14.1. The molecule has 0 bridgehead atoms. The van der Waals surface area contributed by atoms with Gasteiger partial charge in [0.05, 0.1) is 11.4 Å². The summed E-state index contributed by atoms with van der Waals surface area (Å²) in [4.78, 5) is 12.6. The van der Waals surface area contributed by atoms with E-state index in [0.717, 1.165) is 24.0 Å². The Kier molecular flexibility index (Phi) is 5.92. The van der Waals surface area contributed by atoms with E-state index in [2.05, 4.69) is 5.32 Å². The molecule has 2 aliphatic heterocycles. The lowest BCUT2D eigenvalue weighted by atomic mass is 9.74. The standard InChI is InChI=1S/C22H23ClFNO4/c23-18-10-15(11-19-21(18)29-9-8-28-19)12-20(26)25-14-22(4-6-27-7-5-22)16-2-1-3-17(24)13-16/h1-3,10-11,13H,4-9,12,14H2,(H,25,26). The summed E-state index contributed by atoms with van der Waals surface area (Å²) in [5.41, 5.74) is 1.31. The minimum absolute atomic E-state index is 0.125. The van der Waals surface area contributed by atoms with E-state index >= 15 is 0 Å². The molecule has 2 heterocycles. The molecule has 0 atom stereocenters. The number of ether oxygens (including phenoxy) is 3. The Morgan fingerprint density at radius 2 is 1.90 bits per heavy atom. The molecular weight excluding hydrogens is 397 g/mol. The van der Waals surface area contributed by atoms with Crippen LogP contribution < -0.4 is 14.8 Å². The average molecular weight is 420 g/mol. The number of hydrogen-bond donors (Lipinski definition) is 1. The number of nitrogens with one attached hydrogen (secondary N) is 1. The SMILES string of the molecule is O=C(Cc1cc(Cl)c2c(c1)OCCO2)NCC1(c2cccc(F)c2)CCOCC1. The molecule has 0 spiro atoms. The molecule has 2 aliphatic rings. The van der Waals surface area contributed by atoms with Crippen molar-refractivity contribution in [3.63, 3.8) is 0 Å². The number of carbonyl (C=O) groups excluding carboxylic acids is 1. The highest BCUT2D eigenvalue weighted by Crippen LogP contribution is 2.38. The van der Waals surface area contributed by atoms with Crippen LogP contribution in [0.3, 0.4) is 0 Å². The maximum absolute atomic E-state index is 13.8. The lowest BCUT2D eigenvalue weighted by Gasteiger charge is -2.38. The van der Waals surface area contributed by atoms with Gasteiger partial charge in [-0.05, 0) is 48.2 Å². The van der Waals surface area contributed by atoms with Gasteiger partial charge in [0.2, 0.25) is 5.91 Å². The van der Waals surface area contributed by atoms with Crippen molar-refractivity contribution in [1.29, 1.82) is 0 Å². The summed E-state index contributed by atoms with van der Waals surface area (Å²) in [5, 5.41) is 3.46. The fourth-order valence-corrected chi connectivity index (χ4v) is 4.22. The van der Waals surface area contributed by atoms with Gasteiger partial charge in [0.1, 0.15) is 19.0 Å². The molecule has 7 heteroatoms. The maximum atomic E-state index is 13.8. The van der Waals surface area contributed by atoms with Crippen LogP contribution in [0.15, 0.2) is 36.4 Å². The molecule has 1 amide bonds. The number of fused-ring (bicyclic) bond motifs is 1. The van der Waals surface area contributed by atoms with Gasteiger partial charge in [-0.3, -0.25) is 4.79 Å². The molecule has 0 aliphatic carbocycles. The molecule has 2 aromatic rings. The number of carbonyl (C=O) groups is 1. The van der Waals surface area contributed by atoms with Gasteiger partial charge in [-0.25, -0.2) is 4.39 Å². The Labute approximate surface area is 174 Å². The van der Waals surface area contributed by atoms with Gasteiger partial charge in [0.25, 0.3) is 0 Å². The van der Waals surface area contributed by atoms with Crippen LogP contribution in [0, 0.1) is 5.82 Å². The molecule has 0 saturated carbocycles. The molecular formula is C22H23ClFNO4. The van der Waals surface area contributed by atoms with E-state index in [4.69, 9.17) is 25.8 Å². The zero-order valence-electron chi connectivity index (χ0n) is 16.0. The summed E-state index contributed by atoms with van der Waals surface area (Å²) in [7, 11) is 0. The Balaban J connectivity index is 1.45. The molecule has 1 saturated heterocycles. The van der Waals surface area contributed by atoms with E-state index in [9.17, 15) is 9.18 Å². The highest BCUT2D eigenvalue weighted by molar-refractivity contribution is 6.32. The van der Waals surface area contributed by atoms with Crippen LogP contribution in [0.25, 0.3) is 0 Å². The number of rotatable bonds is 5. The fraction of sp³-hybridized carbons (Fsp3) is 0.409. The van der Waals surface area contributed by atoms with E-state index in [-0.39, 0.29) is 23.6 Å². The van der Waals surface area contributed by atoms with Gasteiger partial charge in [0.15, 0.2) is 11.5 Å². The molecule has 5 nitrogen and oxygen atoms in total. The average Bonchev–Trinajstić information content (AvgIpc) is 2.73. The summed E-state index contributed by atoms with van der Waals surface area (Å²) < 4.78 is 30.4. The Hall–Kier alpha value is -2.31. The number of benzene rings is 2. The molecule has 0 aromatic heterocycles. The van der Waals surface area contributed by atoms with Crippen LogP contribution in [-0.2, 0) is 21.4 Å². The predicted octanol–water partition coefficient (Wildman–Crippen LogP) is 3.66. The highest BCUT2D eigenvalue weighted by atomic mass is 35.5. The summed E-state index contributed by atoms with van der Waals surface area (Å²) in [5.74, 6) is 0.687.